The van der Waals surface area contributed by atoms with Gasteiger partial charge in [0.25, 0.3) is 0 Å². The maximum atomic E-state index is 14.6. The Bertz CT molecular complexity index is 1610. The molecule has 2 unspecified atom stereocenters. The Kier molecular flexibility index (Phi) is 9.33. The molecule has 0 amide bonds. The highest BCUT2D eigenvalue weighted by atomic mass is 79.9. The van der Waals surface area contributed by atoms with Crippen LogP contribution in [0, 0.1) is 23.3 Å². The fourth-order valence-electron chi connectivity index (χ4n) is 4.17. The van der Waals surface area contributed by atoms with Gasteiger partial charge in [0.2, 0.25) is 0 Å². The van der Waals surface area contributed by atoms with Crippen LogP contribution in [0.3, 0.4) is 0 Å². The third-order valence-electron chi connectivity index (χ3n) is 6.60. The van der Waals surface area contributed by atoms with Gasteiger partial charge in [-0.3, -0.25) is 9.97 Å². The number of alkyl halides is 4. The van der Waals surface area contributed by atoms with E-state index < -0.39 is 69.8 Å². The van der Waals surface area contributed by atoms with E-state index in [-0.39, 0.29) is 12.2 Å². The van der Waals surface area contributed by atoms with Crippen molar-refractivity contribution in [2.45, 2.75) is 23.0 Å². The summed E-state index contributed by atoms with van der Waals surface area (Å²) in [5.41, 5.74) is -2.42. The smallest absolute Gasteiger partial charge is 0.324 e. The number of pyridine rings is 2. The van der Waals surface area contributed by atoms with Crippen molar-refractivity contribution in [3.63, 3.8) is 0 Å². The molecule has 0 aliphatic carbocycles. The van der Waals surface area contributed by atoms with Gasteiger partial charge in [-0.25, -0.2) is 17.6 Å². The van der Waals surface area contributed by atoms with Crippen LogP contribution in [-0.4, -0.2) is 28.2 Å². The quantitative estimate of drug-likeness (QED) is 0.155. The van der Waals surface area contributed by atoms with E-state index >= 15 is 0 Å². The molecule has 5 rings (SSSR count). The number of aromatic nitrogens is 2. The third kappa shape index (κ3) is 6.18. The van der Waals surface area contributed by atoms with E-state index in [0.717, 1.165) is 42.6 Å². The Balaban J connectivity index is 0.000000197. The second-order valence-corrected chi connectivity index (χ2v) is 11.1. The molecule has 2 aromatic carbocycles. The first-order chi connectivity index (χ1) is 20.1. The first kappa shape index (κ1) is 32.9. The van der Waals surface area contributed by atoms with Crippen molar-refractivity contribution < 1.29 is 45.0 Å². The third-order valence-corrected chi connectivity index (χ3v) is 7.53. The Morgan fingerprint density at radius 3 is 1.74 bits per heavy atom. The molecule has 5 nitrogen and oxygen atoms in total. The zero-order valence-electron chi connectivity index (χ0n) is 21.4. The summed E-state index contributed by atoms with van der Waals surface area (Å²) >= 11 is 6.15. The minimum Gasteiger partial charge on any atom is -0.377 e. The molecular weight excluding hydrogens is 722 g/mol. The van der Waals surface area contributed by atoms with Crippen LogP contribution in [-0.2, 0) is 27.8 Å². The minimum absolute atomic E-state index is 0.361. The molecular formula is C28H19Br2F8N3O2. The number of nitrogens with zero attached hydrogens (tertiary/aromatic N) is 2. The lowest BCUT2D eigenvalue weighted by atomic mass is 9.85. The van der Waals surface area contributed by atoms with E-state index in [1.807, 2.05) is 0 Å². The van der Waals surface area contributed by atoms with E-state index in [4.69, 9.17) is 10.5 Å². The van der Waals surface area contributed by atoms with Crippen LogP contribution in [0.4, 0.5) is 35.1 Å². The van der Waals surface area contributed by atoms with Gasteiger partial charge >= 0.3 is 11.8 Å². The van der Waals surface area contributed by atoms with E-state index in [0.29, 0.717) is 21.1 Å². The second kappa shape index (κ2) is 12.2. The normalized spacial score (nSPS) is 18.0. The number of halogens is 10. The van der Waals surface area contributed by atoms with Crippen LogP contribution in [0.25, 0.3) is 0 Å². The molecule has 3 N–H and O–H groups in total. The van der Waals surface area contributed by atoms with E-state index in [9.17, 15) is 40.2 Å². The number of rotatable bonds is 7. The van der Waals surface area contributed by atoms with Crippen molar-refractivity contribution in [1.29, 1.82) is 0 Å². The van der Waals surface area contributed by atoms with Crippen molar-refractivity contribution in [2.75, 3.05) is 13.2 Å². The van der Waals surface area contributed by atoms with Gasteiger partial charge < -0.3 is 15.6 Å². The average Bonchev–Trinajstić information content (AvgIpc) is 3.76. The van der Waals surface area contributed by atoms with Crippen molar-refractivity contribution in [3.8, 4) is 0 Å². The molecule has 0 saturated carbocycles. The van der Waals surface area contributed by atoms with Crippen LogP contribution in [0.5, 0.6) is 0 Å². The van der Waals surface area contributed by atoms with Gasteiger partial charge in [-0.2, -0.15) is 17.6 Å². The summed E-state index contributed by atoms with van der Waals surface area (Å²) in [6.07, 6.45) is 2.33. The largest absolute Gasteiger partial charge is 0.377 e. The summed E-state index contributed by atoms with van der Waals surface area (Å²) in [5.74, 6) is -11.7. The van der Waals surface area contributed by atoms with Gasteiger partial charge in [-0.05, 0) is 74.3 Å². The molecule has 3 heterocycles. The predicted octanol–water partition coefficient (Wildman–Crippen LogP) is 7.20. The van der Waals surface area contributed by atoms with Crippen molar-refractivity contribution in [3.05, 3.63) is 128 Å². The summed E-state index contributed by atoms with van der Waals surface area (Å²) in [4.78, 5) is 7.18. The second-order valence-electron chi connectivity index (χ2n) is 9.30. The lowest BCUT2D eigenvalue weighted by Gasteiger charge is -2.35. The van der Waals surface area contributed by atoms with Crippen molar-refractivity contribution >= 4 is 31.9 Å². The summed E-state index contributed by atoms with van der Waals surface area (Å²) in [6, 6.07) is 9.19. The number of aliphatic hydroxyl groups is 1. The SMILES string of the molecule is Fc1ccc(C2(C(F)(F)c3ccc(Br)cn3)CO2)c(F)c1.NCC(O)(c1ccc(F)cc1F)C(F)(F)c1ccc(Br)cn1. The minimum atomic E-state index is -3.99. The summed E-state index contributed by atoms with van der Waals surface area (Å²) < 4.78 is 118. The van der Waals surface area contributed by atoms with Crippen LogP contribution in [0.1, 0.15) is 22.5 Å². The average molecular weight is 741 g/mol. The number of benzene rings is 2. The molecule has 15 heteroatoms. The first-order valence-corrected chi connectivity index (χ1v) is 13.6. The number of ether oxygens (including phenoxy) is 1. The molecule has 0 bridgehead atoms. The summed E-state index contributed by atoms with van der Waals surface area (Å²) in [6.45, 7) is -1.35. The predicted molar refractivity (Wildman–Crippen MR) is 145 cm³/mol. The van der Waals surface area contributed by atoms with Gasteiger partial charge in [0.1, 0.15) is 34.7 Å². The standard InChI is InChI=1S/C14H11BrF4N2O.C14H8BrF4NO/c15-8-1-4-12(21-6-8)14(18,19)13(22,7-20)10-3-2-9(16)5-11(10)17;15-8-1-4-12(20-6-8)14(18,19)13(7-21-13)10-3-2-9(16)5-11(10)17/h1-6,22H,7,20H2;1-6H,7H2. The maximum absolute atomic E-state index is 14.6. The fraction of sp³-hybridized carbons (Fsp3) is 0.214. The zero-order chi connectivity index (χ0) is 31.8. The lowest BCUT2D eigenvalue weighted by molar-refractivity contribution is -0.193. The zero-order valence-corrected chi connectivity index (χ0v) is 24.6. The molecule has 0 radical (unpaired) electrons. The molecule has 1 aliphatic heterocycles. The summed E-state index contributed by atoms with van der Waals surface area (Å²) in [5, 5.41) is 10.3. The fourth-order valence-corrected chi connectivity index (χ4v) is 4.64. The van der Waals surface area contributed by atoms with Crippen LogP contribution < -0.4 is 5.73 Å². The molecule has 2 atom stereocenters. The van der Waals surface area contributed by atoms with Crippen LogP contribution in [0.2, 0.25) is 0 Å². The van der Waals surface area contributed by atoms with E-state index in [1.54, 1.807) is 0 Å². The van der Waals surface area contributed by atoms with Gasteiger partial charge in [0.05, 0.1) is 6.61 Å². The van der Waals surface area contributed by atoms with Gasteiger partial charge in [-0.15, -0.1) is 0 Å². The van der Waals surface area contributed by atoms with Crippen molar-refractivity contribution in [1.82, 2.24) is 9.97 Å². The number of hydrogen-bond donors (Lipinski definition) is 2. The molecule has 2 aromatic heterocycles. The Morgan fingerprint density at radius 1 is 0.791 bits per heavy atom. The van der Waals surface area contributed by atoms with Crippen LogP contribution >= 0.6 is 31.9 Å². The Hall–Kier alpha value is -2.98. The molecule has 1 aliphatic rings. The van der Waals surface area contributed by atoms with E-state index in [2.05, 4.69) is 41.8 Å². The Labute approximate surface area is 256 Å². The highest BCUT2D eigenvalue weighted by molar-refractivity contribution is 9.10. The number of epoxide rings is 1. The van der Waals surface area contributed by atoms with E-state index in [1.165, 1.54) is 18.3 Å². The van der Waals surface area contributed by atoms with Gasteiger partial charge in [0, 0.05) is 51.1 Å². The molecule has 43 heavy (non-hydrogen) atoms. The molecule has 228 valence electrons. The number of hydrogen-bond acceptors (Lipinski definition) is 5. The highest BCUT2D eigenvalue weighted by Gasteiger charge is 2.68. The van der Waals surface area contributed by atoms with Gasteiger partial charge in [-0.1, -0.05) is 6.07 Å². The number of nitrogens with two attached hydrogens (primary N) is 1. The molecule has 4 aromatic rings. The Morgan fingerprint density at radius 2 is 1.30 bits per heavy atom. The molecule has 0 spiro atoms. The molecule has 1 saturated heterocycles. The summed E-state index contributed by atoms with van der Waals surface area (Å²) in [7, 11) is 0. The van der Waals surface area contributed by atoms with Crippen molar-refractivity contribution in [2.24, 2.45) is 5.73 Å². The first-order valence-electron chi connectivity index (χ1n) is 12.1. The lowest BCUT2D eigenvalue weighted by Crippen LogP contribution is -2.50. The molecule has 1 fully saturated rings. The highest BCUT2D eigenvalue weighted by Crippen LogP contribution is 2.56. The van der Waals surface area contributed by atoms with Crippen LogP contribution in [0.15, 0.2) is 82.0 Å². The topological polar surface area (TPSA) is 84.6 Å². The monoisotopic (exact) mass is 739 g/mol. The maximum Gasteiger partial charge on any atom is 0.324 e. The van der Waals surface area contributed by atoms with Gasteiger partial charge in [0.15, 0.2) is 11.2 Å².